The van der Waals surface area contributed by atoms with Crippen LogP contribution in [0.2, 0.25) is 0 Å². The van der Waals surface area contributed by atoms with Crippen molar-refractivity contribution in [3.63, 3.8) is 0 Å². The van der Waals surface area contributed by atoms with E-state index >= 15 is 0 Å². The molecule has 0 heterocycles. The van der Waals surface area contributed by atoms with Gasteiger partial charge in [0.15, 0.2) is 0 Å². The molecule has 5 N–H and O–H groups in total. The summed E-state index contributed by atoms with van der Waals surface area (Å²) in [4.78, 5) is 8.56. The molecule has 7 heavy (non-hydrogen) atoms. The molecule has 4 nitrogen and oxygen atoms in total. The molecule has 0 unspecified atom stereocenters. The molecule has 0 atom stereocenters. The summed E-state index contributed by atoms with van der Waals surface area (Å²) < 4.78 is 0. The van der Waals surface area contributed by atoms with Crippen molar-refractivity contribution in [2.75, 3.05) is 0 Å². The van der Waals surface area contributed by atoms with E-state index < -0.39 is 6.16 Å². The van der Waals surface area contributed by atoms with Crippen LogP contribution in [0, 0.1) is 0 Å². The summed E-state index contributed by atoms with van der Waals surface area (Å²) >= 11 is 0. The molecule has 0 rings (SSSR count). The average Bonchev–Trinajstić information content (AvgIpc) is 0.811. The Morgan fingerprint density at radius 2 is 1.14 bits per heavy atom. The standard InChI is InChI=1S/CH2O3.2Cu.H3N/c2-1(3)4;;;/h(H2,2,3,4);;;1H3. The quantitative estimate of drug-likeness (QED) is 0.499. The Morgan fingerprint density at radius 3 is 1.14 bits per heavy atom. The van der Waals surface area contributed by atoms with Crippen LogP contribution >= 0.6 is 0 Å². The minimum atomic E-state index is -1.83. The number of carbonyl (C=O) groups is 1. The van der Waals surface area contributed by atoms with Crippen LogP contribution in [0.15, 0.2) is 0 Å². The summed E-state index contributed by atoms with van der Waals surface area (Å²) in [6.07, 6.45) is -1.83. The molecule has 6 heteroatoms. The maximum atomic E-state index is 8.56. The molecule has 0 saturated heterocycles. The minimum absolute atomic E-state index is 0. The molecule has 0 saturated carbocycles. The summed E-state index contributed by atoms with van der Waals surface area (Å²) in [5.74, 6) is 0. The zero-order chi connectivity index (χ0) is 3.58. The second-order valence-corrected chi connectivity index (χ2v) is 0.283. The predicted octanol–water partition coefficient (Wildman–Crippen LogP) is 0.379. The van der Waals surface area contributed by atoms with Crippen molar-refractivity contribution >= 4 is 6.16 Å². The smallest absolute Gasteiger partial charge is 0.450 e. The minimum Gasteiger partial charge on any atom is -0.450 e. The van der Waals surface area contributed by atoms with Crippen molar-refractivity contribution < 1.29 is 49.1 Å². The SMILES string of the molecule is N.O=C(O)O.[Cu].[Cu]. The first-order valence-corrected chi connectivity index (χ1v) is 0.651. The molecule has 0 aliphatic heterocycles. The molecular weight excluding hydrogens is 201 g/mol. The van der Waals surface area contributed by atoms with Crippen LogP contribution in [-0.4, -0.2) is 16.4 Å². The van der Waals surface area contributed by atoms with E-state index in [9.17, 15) is 0 Å². The van der Waals surface area contributed by atoms with Crippen LogP contribution in [0.3, 0.4) is 0 Å². The molecule has 0 amide bonds. The Hall–Kier alpha value is 0.269. The van der Waals surface area contributed by atoms with Crippen LogP contribution in [0.4, 0.5) is 4.79 Å². The second kappa shape index (κ2) is 16.3. The van der Waals surface area contributed by atoms with Crippen LogP contribution in [-0.2, 0) is 34.1 Å². The summed E-state index contributed by atoms with van der Waals surface area (Å²) in [7, 11) is 0. The number of rotatable bonds is 0. The van der Waals surface area contributed by atoms with Gasteiger partial charge in [0.25, 0.3) is 0 Å². The Kier molecular flexibility index (Phi) is 62.2. The molecule has 0 fully saturated rings. The third-order valence-electron chi connectivity index (χ3n) is 0. The molecule has 2 radical (unpaired) electrons. The Bertz CT molecular complexity index is 35.9. The van der Waals surface area contributed by atoms with E-state index in [1.54, 1.807) is 0 Å². The zero-order valence-electron chi connectivity index (χ0n) is 3.11. The molecule has 0 bridgehead atoms. The van der Waals surface area contributed by atoms with Gasteiger partial charge in [-0.2, -0.15) is 0 Å². The first-order chi connectivity index (χ1) is 1.73. The van der Waals surface area contributed by atoms with Crippen molar-refractivity contribution in [1.29, 1.82) is 0 Å². The Labute approximate surface area is 61.8 Å². The zero-order valence-corrected chi connectivity index (χ0v) is 5.00. The molecule has 0 aromatic heterocycles. The van der Waals surface area contributed by atoms with E-state index in [0.717, 1.165) is 0 Å². The van der Waals surface area contributed by atoms with Gasteiger partial charge < -0.3 is 16.4 Å². The van der Waals surface area contributed by atoms with Crippen LogP contribution in [0.25, 0.3) is 0 Å². The first kappa shape index (κ1) is 26.7. The monoisotopic (exact) mass is 205 g/mol. The first-order valence-electron chi connectivity index (χ1n) is 0.651. The summed E-state index contributed by atoms with van der Waals surface area (Å²) in [5.41, 5.74) is 0. The van der Waals surface area contributed by atoms with E-state index in [2.05, 4.69) is 0 Å². The van der Waals surface area contributed by atoms with Gasteiger partial charge in [-0.15, -0.1) is 0 Å². The molecule has 0 aliphatic rings. The maximum absolute atomic E-state index is 8.56. The fraction of sp³-hybridized carbons (Fsp3) is 0. The second-order valence-electron chi connectivity index (χ2n) is 0.283. The van der Waals surface area contributed by atoms with Crippen molar-refractivity contribution in [3.05, 3.63) is 0 Å². The average molecular weight is 206 g/mol. The third-order valence-corrected chi connectivity index (χ3v) is 0. The van der Waals surface area contributed by atoms with Crippen molar-refractivity contribution in [2.24, 2.45) is 0 Å². The van der Waals surface area contributed by atoms with E-state index in [1.807, 2.05) is 0 Å². The maximum Gasteiger partial charge on any atom is 0.503 e. The van der Waals surface area contributed by atoms with Gasteiger partial charge in [-0.05, 0) is 0 Å². The normalized spacial score (nSPS) is 3.43. The van der Waals surface area contributed by atoms with Crippen LogP contribution in [0.1, 0.15) is 0 Å². The van der Waals surface area contributed by atoms with E-state index in [-0.39, 0.29) is 40.3 Å². The van der Waals surface area contributed by atoms with E-state index in [1.165, 1.54) is 0 Å². The fourth-order valence-electron chi connectivity index (χ4n) is 0. The Balaban J connectivity index is -0.0000000150. The fourth-order valence-corrected chi connectivity index (χ4v) is 0. The van der Waals surface area contributed by atoms with E-state index in [4.69, 9.17) is 15.0 Å². The molecule has 0 aliphatic carbocycles. The third kappa shape index (κ3) is 1580. The van der Waals surface area contributed by atoms with Gasteiger partial charge in [0, 0.05) is 34.1 Å². The van der Waals surface area contributed by atoms with E-state index in [0.29, 0.717) is 0 Å². The summed E-state index contributed by atoms with van der Waals surface area (Å²) in [6.45, 7) is 0. The molecule has 0 aromatic carbocycles. The summed E-state index contributed by atoms with van der Waals surface area (Å²) in [6, 6.07) is 0. The Morgan fingerprint density at radius 1 is 1.14 bits per heavy atom. The van der Waals surface area contributed by atoms with Gasteiger partial charge >= 0.3 is 6.16 Å². The van der Waals surface area contributed by atoms with Gasteiger partial charge in [0.05, 0.1) is 0 Å². The van der Waals surface area contributed by atoms with Gasteiger partial charge in [0.1, 0.15) is 0 Å². The summed E-state index contributed by atoms with van der Waals surface area (Å²) in [5, 5.41) is 13.9. The topological polar surface area (TPSA) is 92.5 Å². The number of hydrogen-bond donors (Lipinski definition) is 3. The largest absolute Gasteiger partial charge is 0.503 e. The van der Waals surface area contributed by atoms with Crippen molar-refractivity contribution in [1.82, 2.24) is 6.15 Å². The van der Waals surface area contributed by atoms with Gasteiger partial charge in [-0.25, -0.2) is 4.79 Å². The van der Waals surface area contributed by atoms with Crippen LogP contribution < -0.4 is 6.15 Å². The predicted molar refractivity (Wildman–Crippen MR) is 15.7 cm³/mol. The van der Waals surface area contributed by atoms with Crippen molar-refractivity contribution in [3.8, 4) is 0 Å². The molecule has 0 spiro atoms. The van der Waals surface area contributed by atoms with Crippen molar-refractivity contribution in [2.45, 2.75) is 0 Å². The van der Waals surface area contributed by atoms with Crippen LogP contribution in [0.5, 0.6) is 0 Å². The molecule has 54 valence electrons. The number of hydrogen-bond acceptors (Lipinski definition) is 2. The number of carboxylic acid groups (broad SMARTS) is 2. The molecule has 0 aromatic rings. The van der Waals surface area contributed by atoms with Gasteiger partial charge in [-0.1, -0.05) is 0 Å². The van der Waals surface area contributed by atoms with Gasteiger partial charge in [-0.3, -0.25) is 0 Å². The van der Waals surface area contributed by atoms with Gasteiger partial charge in [0.2, 0.25) is 0 Å². The molecular formula is CH5Cu2NO3.